The molecular weight excluding hydrogens is 312 g/mol. The van der Waals surface area contributed by atoms with Crippen LogP contribution in [0.25, 0.3) is 0 Å². The summed E-state index contributed by atoms with van der Waals surface area (Å²) in [6.45, 7) is 2.83. The van der Waals surface area contributed by atoms with E-state index in [0.29, 0.717) is 11.0 Å². The summed E-state index contributed by atoms with van der Waals surface area (Å²) >= 11 is 3.00. The van der Waals surface area contributed by atoms with Crippen LogP contribution in [0.2, 0.25) is 0 Å². The first kappa shape index (κ1) is 19.1. The molecular formula is C16H26N4S2. The molecule has 0 amide bonds. The van der Waals surface area contributed by atoms with Gasteiger partial charge < -0.3 is 10.6 Å². The van der Waals surface area contributed by atoms with Gasteiger partial charge in [0.2, 0.25) is 0 Å². The van der Waals surface area contributed by atoms with Gasteiger partial charge >= 0.3 is 0 Å². The molecule has 0 radical (unpaired) electrons. The van der Waals surface area contributed by atoms with Crippen LogP contribution in [0.3, 0.4) is 0 Å². The minimum Gasteiger partial charge on any atom is -0.379 e. The Morgan fingerprint density at radius 1 is 1.18 bits per heavy atom. The Labute approximate surface area is 142 Å². The first-order valence-corrected chi connectivity index (χ1v) is 9.24. The summed E-state index contributed by atoms with van der Waals surface area (Å²) in [7, 11) is 4.17. The smallest absolute Gasteiger partial charge is 0.151 e. The van der Waals surface area contributed by atoms with E-state index in [1.54, 1.807) is 11.8 Å². The van der Waals surface area contributed by atoms with Crippen molar-refractivity contribution < 1.29 is 0 Å². The monoisotopic (exact) mass is 338 g/mol. The molecule has 0 unspecified atom stereocenters. The SMILES string of the molecule is CC(=N)SC[C@H](CN(C)C)c1ccc(CCSC(=N)N)cc1. The number of thioether (sulfide) groups is 2. The number of likely N-dealkylation sites (N-methyl/N-ethyl adjacent to an activating group) is 1. The third-order valence-corrected chi connectivity index (χ3v) is 4.91. The number of nitrogens with zero attached hydrogens (tertiary/aromatic N) is 1. The number of nitrogens with two attached hydrogens (primary N) is 1. The predicted molar refractivity (Wildman–Crippen MR) is 102 cm³/mol. The maximum Gasteiger partial charge on any atom is 0.151 e. The van der Waals surface area contributed by atoms with Gasteiger partial charge in [0, 0.05) is 24.0 Å². The van der Waals surface area contributed by atoms with Gasteiger partial charge in [0.1, 0.15) is 0 Å². The van der Waals surface area contributed by atoms with Crippen LogP contribution in [0.5, 0.6) is 0 Å². The number of benzene rings is 1. The Morgan fingerprint density at radius 2 is 1.82 bits per heavy atom. The molecule has 0 aliphatic carbocycles. The van der Waals surface area contributed by atoms with Crippen molar-refractivity contribution >= 4 is 33.7 Å². The molecule has 0 aliphatic heterocycles. The van der Waals surface area contributed by atoms with Crippen LogP contribution in [0.4, 0.5) is 0 Å². The summed E-state index contributed by atoms with van der Waals surface area (Å²) in [6, 6.07) is 8.73. The van der Waals surface area contributed by atoms with Crippen molar-refractivity contribution in [3.8, 4) is 0 Å². The van der Waals surface area contributed by atoms with Crippen molar-refractivity contribution in [2.75, 3.05) is 32.1 Å². The lowest BCUT2D eigenvalue weighted by molar-refractivity contribution is 0.385. The average molecular weight is 339 g/mol. The molecule has 122 valence electrons. The van der Waals surface area contributed by atoms with E-state index in [9.17, 15) is 0 Å². The molecule has 1 aromatic rings. The molecule has 0 bridgehead atoms. The molecule has 0 heterocycles. The summed E-state index contributed by atoms with van der Waals surface area (Å²) in [5.41, 5.74) is 7.95. The fraction of sp³-hybridized carbons (Fsp3) is 0.500. The number of aryl methyl sites for hydroxylation is 1. The van der Waals surface area contributed by atoms with Crippen molar-refractivity contribution in [1.82, 2.24) is 4.90 Å². The van der Waals surface area contributed by atoms with Crippen molar-refractivity contribution in [2.24, 2.45) is 5.73 Å². The number of rotatable bonds is 8. The normalized spacial score (nSPS) is 12.4. The summed E-state index contributed by atoms with van der Waals surface area (Å²) in [4.78, 5) is 2.20. The van der Waals surface area contributed by atoms with Gasteiger partial charge in [0.15, 0.2) is 5.17 Å². The third-order valence-electron chi connectivity index (χ3n) is 3.19. The molecule has 1 atom stereocenters. The van der Waals surface area contributed by atoms with Crippen molar-refractivity contribution in [3.63, 3.8) is 0 Å². The lowest BCUT2D eigenvalue weighted by atomic mass is 9.99. The van der Waals surface area contributed by atoms with Crippen LogP contribution in [-0.4, -0.2) is 47.3 Å². The molecule has 0 spiro atoms. The molecule has 6 heteroatoms. The van der Waals surface area contributed by atoms with Gasteiger partial charge in [-0.1, -0.05) is 36.0 Å². The van der Waals surface area contributed by atoms with E-state index in [1.807, 2.05) is 6.92 Å². The second kappa shape index (κ2) is 9.92. The van der Waals surface area contributed by atoms with Gasteiger partial charge in [-0.2, -0.15) is 0 Å². The highest BCUT2D eigenvalue weighted by atomic mass is 32.2. The Balaban J connectivity index is 2.65. The Bertz CT molecular complexity index is 485. The summed E-state index contributed by atoms with van der Waals surface area (Å²) < 4.78 is 0. The summed E-state index contributed by atoms with van der Waals surface area (Å²) in [5.74, 6) is 2.21. The van der Waals surface area contributed by atoms with Crippen LogP contribution < -0.4 is 5.73 Å². The lowest BCUT2D eigenvalue weighted by Crippen LogP contribution is -2.22. The minimum absolute atomic E-state index is 0.182. The first-order valence-electron chi connectivity index (χ1n) is 7.27. The van der Waals surface area contributed by atoms with E-state index >= 15 is 0 Å². The largest absolute Gasteiger partial charge is 0.379 e. The molecule has 22 heavy (non-hydrogen) atoms. The third kappa shape index (κ3) is 7.87. The molecule has 0 saturated carbocycles. The zero-order valence-corrected chi connectivity index (χ0v) is 15.2. The zero-order valence-electron chi connectivity index (χ0n) is 13.6. The van der Waals surface area contributed by atoms with E-state index in [2.05, 4.69) is 43.3 Å². The summed E-state index contributed by atoms with van der Waals surface area (Å²) in [6.07, 6.45) is 0.928. The summed E-state index contributed by atoms with van der Waals surface area (Å²) in [5, 5.41) is 15.7. The number of nitrogens with one attached hydrogen (secondary N) is 2. The van der Waals surface area contributed by atoms with E-state index in [4.69, 9.17) is 16.6 Å². The highest BCUT2D eigenvalue weighted by molar-refractivity contribution is 8.13. The van der Waals surface area contributed by atoms with Crippen LogP contribution in [0, 0.1) is 10.8 Å². The highest BCUT2D eigenvalue weighted by Crippen LogP contribution is 2.23. The van der Waals surface area contributed by atoms with Gasteiger partial charge in [-0.3, -0.25) is 10.8 Å². The maximum atomic E-state index is 7.60. The van der Waals surface area contributed by atoms with E-state index < -0.39 is 0 Å². The predicted octanol–water partition coefficient (Wildman–Crippen LogP) is 3.23. The van der Waals surface area contributed by atoms with E-state index in [1.165, 1.54) is 22.9 Å². The van der Waals surface area contributed by atoms with Crippen molar-refractivity contribution in [2.45, 2.75) is 19.3 Å². The number of hydrogen-bond donors (Lipinski definition) is 3. The Hall–Kier alpha value is -0.980. The van der Waals surface area contributed by atoms with Gasteiger partial charge in [0.05, 0.1) is 5.04 Å². The molecule has 4 N–H and O–H groups in total. The van der Waals surface area contributed by atoms with Gasteiger partial charge in [-0.25, -0.2) is 0 Å². The lowest BCUT2D eigenvalue weighted by Gasteiger charge is -2.21. The Morgan fingerprint density at radius 3 is 2.32 bits per heavy atom. The molecule has 1 rings (SSSR count). The van der Waals surface area contributed by atoms with E-state index in [0.717, 1.165) is 24.5 Å². The fourth-order valence-corrected chi connectivity index (χ4v) is 3.46. The van der Waals surface area contributed by atoms with Gasteiger partial charge in [-0.05, 0) is 38.6 Å². The fourth-order valence-electron chi connectivity index (χ4n) is 2.16. The van der Waals surface area contributed by atoms with Crippen molar-refractivity contribution in [1.29, 1.82) is 10.8 Å². The average Bonchev–Trinajstić information content (AvgIpc) is 2.43. The molecule has 1 aromatic carbocycles. The van der Waals surface area contributed by atoms with Crippen LogP contribution in [0.1, 0.15) is 24.0 Å². The molecule has 0 saturated heterocycles. The molecule has 0 aromatic heterocycles. The van der Waals surface area contributed by atoms with Gasteiger partial charge in [0.25, 0.3) is 0 Å². The molecule has 0 fully saturated rings. The maximum absolute atomic E-state index is 7.60. The van der Waals surface area contributed by atoms with Crippen LogP contribution in [-0.2, 0) is 6.42 Å². The second-order valence-electron chi connectivity index (χ2n) is 5.53. The Kier molecular flexibility index (Phi) is 8.60. The van der Waals surface area contributed by atoms with Crippen LogP contribution >= 0.6 is 23.5 Å². The number of hydrogen-bond acceptors (Lipinski definition) is 5. The zero-order chi connectivity index (χ0) is 16.5. The molecule has 0 aliphatic rings. The molecule has 4 nitrogen and oxygen atoms in total. The highest BCUT2D eigenvalue weighted by Gasteiger charge is 2.13. The van der Waals surface area contributed by atoms with E-state index in [-0.39, 0.29) is 5.17 Å². The standard InChI is InChI=1S/C16H26N4S2/c1-12(17)22-11-15(10-20(2)3)14-6-4-13(5-7-14)8-9-21-16(18)19/h4-7,15,17H,8-11H2,1-3H3,(H3,18,19)/t15-/m0/s1. The quantitative estimate of drug-likeness (QED) is 0.502. The second-order valence-corrected chi connectivity index (χ2v) is 7.90. The first-order chi connectivity index (χ1) is 10.4. The van der Waals surface area contributed by atoms with Crippen molar-refractivity contribution in [3.05, 3.63) is 35.4 Å². The topological polar surface area (TPSA) is 77.0 Å². The minimum atomic E-state index is 0.182. The number of amidine groups is 1. The van der Waals surface area contributed by atoms with Crippen LogP contribution in [0.15, 0.2) is 24.3 Å². The van der Waals surface area contributed by atoms with Gasteiger partial charge in [-0.15, -0.1) is 11.8 Å².